The molecular formula is C26H31NO. The molecule has 0 unspecified atom stereocenters. The lowest BCUT2D eigenvalue weighted by Crippen LogP contribution is -2.41. The van der Waals surface area contributed by atoms with E-state index in [0.717, 1.165) is 55.1 Å². The Bertz CT molecular complexity index is 939. The number of likely N-dealkylation sites (tertiary alicyclic amines) is 1. The molecule has 0 spiro atoms. The number of fused-ring (bicyclic) bond motifs is 2. The Kier molecular flexibility index (Phi) is 5.14. The molecule has 1 fully saturated rings. The molecule has 1 heterocycles. The van der Waals surface area contributed by atoms with Gasteiger partial charge in [0.25, 0.3) is 5.91 Å². The number of amides is 1. The molecule has 2 nitrogen and oxygen atoms in total. The van der Waals surface area contributed by atoms with Crippen molar-refractivity contribution in [1.82, 2.24) is 4.90 Å². The van der Waals surface area contributed by atoms with E-state index in [-0.39, 0.29) is 11.3 Å². The summed E-state index contributed by atoms with van der Waals surface area (Å²) in [6.45, 7) is 8.57. The zero-order valence-corrected chi connectivity index (χ0v) is 17.4. The Morgan fingerprint density at radius 2 is 1.68 bits per heavy atom. The van der Waals surface area contributed by atoms with Crippen LogP contribution in [0.4, 0.5) is 0 Å². The second-order valence-corrected chi connectivity index (χ2v) is 9.33. The normalized spacial score (nSPS) is 20.7. The minimum Gasteiger partial charge on any atom is -0.338 e. The maximum absolute atomic E-state index is 13.6. The number of allylic oxidation sites excluding steroid dienone is 3. The second-order valence-electron chi connectivity index (χ2n) is 9.33. The maximum atomic E-state index is 13.6. The summed E-state index contributed by atoms with van der Waals surface area (Å²) in [4.78, 5) is 15.7. The molecule has 1 saturated heterocycles. The summed E-state index contributed by atoms with van der Waals surface area (Å²) in [5, 5.41) is 2.19. The van der Waals surface area contributed by atoms with Gasteiger partial charge in [0.2, 0.25) is 0 Å². The highest BCUT2D eigenvalue weighted by Crippen LogP contribution is 2.38. The third-order valence-corrected chi connectivity index (χ3v) is 6.45. The van der Waals surface area contributed by atoms with E-state index in [2.05, 4.69) is 56.0 Å². The van der Waals surface area contributed by atoms with Crippen LogP contribution in [0.1, 0.15) is 56.8 Å². The third-order valence-electron chi connectivity index (χ3n) is 6.45. The Balaban J connectivity index is 1.68. The molecule has 146 valence electrons. The summed E-state index contributed by atoms with van der Waals surface area (Å²) in [6, 6.07) is 14.3. The van der Waals surface area contributed by atoms with Crippen molar-refractivity contribution in [3.05, 3.63) is 71.3 Å². The van der Waals surface area contributed by atoms with Crippen LogP contribution in [0.2, 0.25) is 0 Å². The number of nitrogens with zero attached hydrogens (tertiary/aromatic N) is 1. The predicted octanol–water partition coefficient (Wildman–Crippen LogP) is 6.38. The van der Waals surface area contributed by atoms with E-state index in [1.165, 1.54) is 11.1 Å². The molecule has 1 aliphatic carbocycles. The fraction of sp³-hybridized carbons (Fsp3) is 0.423. The summed E-state index contributed by atoms with van der Waals surface area (Å²) in [5.74, 6) is 0.634. The Hall–Kier alpha value is -2.35. The van der Waals surface area contributed by atoms with Gasteiger partial charge in [0, 0.05) is 18.7 Å². The maximum Gasteiger partial charge on any atom is 0.254 e. The van der Waals surface area contributed by atoms with Gasteiger partial charge in [0.15, 0.2) is 0 Å². The number of rotatable bonds is 1. The first-order valence-electron chi connectivity index (χ1n) is 10.6. The first-order valence-corrected chi connectivity index (χ1v) is 10.6. The van der Waals surface area contributed by atoms with Crippen LogP contribution in [0.5, 0.6) is 0 Å². The molecule has 2 heteroatoms. The van der Waals surface area contributed by atoms with Crippen LogP contribution in [-0.2, 0) is 0 Å². The molecule has 2 aliphatic rings. The largest absolute Gasteiger partial charge is 0.338 e. The SMILES string of the molecule is CC(C)(C)[C@H]1CC2=CCCC=C2CCN(C(=O)c2cccc3ccccc23)C1. The topological polar surface area (TPSA) is 20.3 Å². The summed E-state index contributed by atoms with van der Waals surface area (Å²) in [6.07, 6.45) is 9.19. The molecule has 0 bridgehead atoms. The van der Waals surface area contributed by atoms with Gasteiger partial charge in [-0.3, -0.25) is 4.79 Å². The van der Waals surface area contributed by atoms with E-state index in [0.29, 0.717) is 5.92 Å². The first kappa shape index (κ1) is 19.0. The van der Waals surface area contributed by atoms with Crippen molar-refractivity contribution < 1.29 is 4.79 Å². The molecule has 0 aromatic heterocycles. The van der Waals surface area contributed by atoms with Crippen LogP contribution in [0.15, 0.2) is 65.8 Å². The van der Waals surface area contributed by atoms with E-state index in [1.807, 2.05) is 24.3 Å². The quantitative estimate of drug-likeness (QED) is 0.567. The molecule has 1 amide bonds. The summed E-state index contributed by atoms with van der Waals surface area (Å²) < 4.78 is 0. The minimum absolute atomic E-state index is 0.165. The molecule has 0 saturated carbocycles. The molecule has 2 aromatic carbocycles. The summed E-state index contributed by atoms with van der Waals surface area (Å²) in [7, 11) is 0. The Morgan fingerprint density at radius 1 is 0.964 bits per heavy atom. The lowest BCUT2D eigenvalue weighted by Gasteiger charge is -2.39. The van der Waals surface area contributed by atoms with Crippen LogP contribution in [0.3, 0.4) is 0 Å². The molecule has 1 atom stereocenters. The molecule has 2 aromatic rings. The van der Waals surface area contributed by atoms with Gasteiger partial charge in [-0.15, -0.1) is 0 Å². The van der Waals surface area contributed by atoms with Crippen molar-refractivity contribution in [2.75, 3.05) is 13.1 Å². The highest BCUT2D eigenvalue weighted by Gasteiger charge is 2.32. The molecule has 1 aliphatic heterocycles. The molecular weight excluding hydrogens is 342 g/mol. The van der Waals surface area contributed by atoms with Gasteiger partial charge < -0.3 is 4.90 Å². The van der Waals surface area contributed by atoms with Gasteiger partial charge >= 0.3 is 0 Å². The molecule has 28 heavy (non-hydrogen) atoms. The standard InChI is InChI=1S/C26H31NO/c1-26(2,3)22-17-21-11-5-4-9-19(21)15-16-27(18-22)25(28)24-14-8-12-20-10-6-7-13-23(20)24/h6-14,22H,4-5,15-18H2,1-3H3/t22-/m0/s1. The zero-order valence-electron chi connectivity index (χ0n) is 17.4. The van der Waals surface area contributed by atoms with Crippen molar-refractivity contribution >= 4 is 16.7 Å². The number of hydrogen-bond donors (Lipinski definition) is 0. The van der Waals surface area contributed by atoms with E-state index in [9.17, 15) is 4.79 Å². The zero-order chi connectivity index (χ0) is 19.7. The third kappa shape index (κ3) is 3.78. The fourth-order valence-electron chi connectivity index (χ4n) is 4.54. The first-order chi connectivity index (χ1) is 13.4. The monoisotopic (exact) mass is 373 g/mol. The molecule has 0 N–H and O–H groups in total. The predicted molar refractivity (Wildman–Crippen MR) is 117 cm³/mol. The van der Waals surface area contributed by atoms with Crippen LogP contribution < -0.4 is 0 Å². The summed E-state index contributed by atoms with van der Waals surface area (Å²) >= 11 is 0. The number of carbonyl (C=O) groups excluding carboxylic acids is 1. The van der Waals surface area contributed by atoms with Crippen molar-refractivity contribution in [1.29, 1.82) is 0 Å². The van der Waals surface area contributed by atoms with Gasteiger partial charge in [-0.25, -0.2) is 0 Å². The van der Waals surface area contributed by atoms with Crippen LogP contribution in [-0.4, -0.2) is 23.9 Å². The summed E-state index contributed by atoms with van der Waals surface area (Å²) in [5.41, 5.74) is 4.00. The lowest BCUT2D eigenvalue weighted by atomic mass is 9.74. The average Bonchev–Trinajstić information content (AvgIpc) is 2.67. The lowest BCUT2D eigenvalue weighted by molar-refractivity contribution is 0.0668. The highest BCUT2D eigenvalue weighted by atomic mass is 16.2. The van der Waals surface area contributed by atoms with Crippen LogP contribution in [0, 0.1) is 11.3 Å². The number of benzene rings is 2. The van der Waals surface area contributed by atoms with E-state index >= 15 is 0 Å². The second kappa shape index (κ2) is 7.58. The van der Waals surface area contributed by atoms with Crippen molar-refractivity contribution in [3.8, 4) is 0 Å². The average molecular weight is 374 g/mol. The van der Waals surface area contributed by atoms with Gasteiger partial charge in [-0.05, 0) is 65.0 Å². The van der Waals surface area contributed by atoms with Gasteiger partial charge in [-0.2, -0.15) is 0 Å². The van der Waals surface area contributed by atoms with Crippen LogP contribution >= 0.6 is 0 Å². The smallest absolute Gasteiger partial charge is 0.254 e. The van der Waals surface area contributed by atoms with Gasteiger partial charge in [0.05, 0.1) is 0 Å². The Morgan fingerprint density at radius 3 is 2.46 bits per heavy atom. The van der Waals surface area contributed by atoms with Crippen molar-refractivity contribution in [2.45, 2.75) is 46.5 Å². The van der Waals surface area contributed by atoms with Gasteiger partial charge in [0.1, 0.15) is 0 Å². The fourth-order valence-corrected chi connectivity index (χ4v) is 4.54. The van der Waals surface area contributed by atoms with E-state index in [4.69, 9.17) is 0 Å². The number of carbonyl (C=O) groups is 1. The van der Waals surface area contributed by atoms with Crippen molar-refractivity contribution in [2.24, 2.45) is 11.3 Å². The number of hydrogen-bond acceptors (Lipinski definition) is 1. The van der Waals surface area contributed by atoms with E-state index < -0.39 is 0 Å². The van der Waals surface area contributed by atoms with E-state index in [1.54, 1.807) is 0 Å². The molecule has 0 radical (unpaired) electrons. The minimum atomic E-state index is 0.165. The molecule has 4 rings (SSSR count). The van der Waals surface area contributed by atoms with Crippen molar-refractivity contribution in [3.63, 3.8) is 0 Å². The highest BCUT2D eigenvalue weighted by molar-refractivity contribution is 6.07. The Labute approximate surface area is 168 Å². The van der Waals surface area contributed by atoms with Gasteiger partial charge in [-0.1, -0.05) is 69.3 Å². The van der Waals surface area contributed by atoms with Crippen LogP contribution in [0.25, 0.3) is 10.8 Å².